The summed E-state index contributed by atoms with van der Waals surface area (Å²) >= 11 is 0. The van der Waals surface area contributed by atoms with Crippen LogP contribution in [0.2, 0.25) is 0 Å². The molecule has 0 fully saturated rings. The largest absolute Gasteiger partial charge is 0.480 e. The summed E-state index contributed by atoms with van der Waals surface area (Å²) < 4.78 is 37.1. The van der Waals surface area contributed by atoms with Gasteiger partial charge >= 0.3 is 18.2 Å². The van der Waals surface area contributed by atoms with Crippen molar-refractivity contribution in [2.45, 2.75) is 19.1 Å². The zero-order valence-electron chi connectivity index (χ0n) is 11.1. The van der Waals surface area contributed by atoms with E-state index in [-0.39, 0.29) is 4.90 Å². The zero-order chi connectivity index (χ0) is 16.0. The minimum absolute atomic E-state index is 0.194. The third-order valence-electron chi connectivity index (χ3n) is 2.53. The van der Waals surface area contributed by atoms with Crippen molar-refractivity contribution >= 4 is 12.0 Å². The highest BCUT2D eigenvalue weighted by Gasteiger charge is 2.34. The minimum Gasteiger partial charge on any atom is -0.480 e. The van der Waals surface area contributed by atoms with Crippen LogP contribution in [0.5, 0.6) is 0 Å². The summed E-state index contributed by atoms with van der Waals surface area (Å²) in [6.45, 7) is -1.09. The molecule has 1 heterocycles. The SMILES string of the molecule is CC(NC(=O)N(CC(=O)O)CC(F)(F)F)c1ccncc1. The molecule has 0 saturated carbocycles. The Hall–Kier alpha value is -2.32. The van der Waals surface area contributed by atoms with Gasteiger partial charge in [0.25, 0.3) is 0 Å². The molecule has 1 rings (SSSR count). The van der Waals surface area contributed by atoms with E-state index in [1.165, 1.54) is 12.4 Å². The van der Waals surface area contributed by atoms with Crippen molar-refractivity contribution in [3.8, 4) is 0 Å². The van der Waals surface area contributed by atoms with Gasteiger partial charge in [-0.25, -0.2) is 4.79 Å². The van der Waals surface area contributed by atoms with Crippen molar-refractivity contribution < 1.29 is 27.9 Å². The quantitative estimate of drug-likeness (QED) is 0.869. The third-order valence-corrected chi connectivity index (χ3v) is 2.53. The maximum atomic E-state index is 12.4. The number of aliphatic carboxylic acids is 1. The number of carboxylic acids is 1. The lowest BCUT2D eigenvalue weighted by Gasteiger charge is -2.24. The monoisotopic (exact) mass is 305 g/mol. The van der Waals surface area contributed by atoms with Gasteiger partial charge in [0.2, 0.25) is 0 Å². The van der Waals surface area contributed by atoms with Crippen LogP contribution in [0.15, 0.2) is 24.5 Å². The Labute approximate surface area is 118 Å². The molecule has 2 amide bonds. The van der Waals surface area contributed by atoms with Gasteiger partial charge in [-0.05, 0) is 24.6 Å². The molecule has 9 heteroatoms. The average molecular weight is 305 g/mol. The van der Waals surface area contributed by atoms with Crippen molar-refractivity contribution in [3.05, 3.63) is 30.1 Å². The number of aromatic nitrogens is 1. The van der Waals surface area contributed by atoms with Crippen LogP contribution in [0, 0.1) is 0 Å². The molecule has 0 radical (unpaired) electrons. The number of rotatable bonds is 5. The first kappa shape index (κ1) is 16.7. The lowest BCUT2D eigenvalue weighted by Crippen LogP contribution is -2.47. The lowest BCUT2D eigenvalue weighted by molar-refractivity contribution is -0.149. The second-order valence-electron chi connectivity index (χ2n) is 4.32. The number of alkyl halides is 3. The van der Waals surface area contributed by atoms with Gasteiger partial charge in [-0.1, -0.05) is 0 Å². The van der Waals surface area contributed by atoms with Crippen molar-refractivity contribution in [3.63, 3.8) is 0 Å². The van der Waals surface area contributed by atoms with Crippen LogP contribution in [0.25, 0.3) is 0 Å². The Balaban J connectivity index is 2.74. The molecule has 1 aromatic heterocycles. The van der Waals surface area contributed by atoms with E-state index < -0.39 is 37.3 Å². The predicted octanol–water partition coefficient (Wildman–Crippen LogP) is 1.80. The highest BCUT2D eigenvalue weighted by Crippen LogP contribution is 2.17. The van der Waals surface area contributed by atoms with Crippen molar-refractivity contribution in [1.29, 1.82) is 0 Å². The molecule has 2 N–H and O–H groups in total. The topological polar surface area (TPSA) is 82.5 Å². The van der Waals surface area contributed by atoms with Gasteiger partial charge in [-0.2, -0.15) is 13.2 Å². The fourth-order valence-corrected chi connectivity index (χ4v) is 1.59. The first-order valence-corrected chi connectivity index (χ1v) is 5.93. The van der Waals surface area contributed by atoms with Gasteiger partial charge in [-0.3, -0.25) is 9.78 Å². The number of nitrogens with one attached hydrogen (secondary N) is 1. The van der Waals surface area contributed by atoms with Gasteiger partial charge in [0, 0.05) is 12.4 Å². The third kappa shape index (κ3) is 6.11. The van der Waals surface area contributed by atoms with Gasteiger partial charge < -0.3 is 15.3 Å². The summed E-state index contributed by atoms with van der Waals surface area (Å²) in [4.78, 5) is 26.3. The molecular formula is C12H14F3N3O3. The van der Waals surface area contributed by atoms with E-state index >= 15 is 0 Å². The van der Waals surface area contributed by atoms with E-state index in [9.17, 15) is 22.8 Å². The molecule has 0 aliphatic rings. The molecule has 0 bridgehead atoms. The second-order valence-corrected chi connectivity index (χ2v) is 4.32. The highest BCUT2D eigenvalue weighted by atomic mass is 19.4. The minimum atomic E-state index is -4.67. The maximum Gasteiger partial charge on any atom is 0.406 e. The Bertz CT molecular complexity index is 494. The molecule has 0 aliphatic heterocycles. The molecule has 0 spiro atoms. The van der Waals surface area contributed by atoms with E-state index in [2.05, 4.69) is 10.3 Å². The molecule has 1 aromatic rings. The fourth-order valence-electron chi connectivity index (χ4n) is 1.59. The molecule has 1 atom stereocenters. The van der Waals surface area contributed by atoms with Gasteiger partial charge in [-0.15, -0.1) is 0 Å². The summed E-state index contributed by atoms with van der Waals surface area (Å²) in [5, 5.41) is 10.9. The summed E-state index contributed by atoms with van der Waals surface area (Å²) in [6.07, 6.45) is -1.72. The van der Waals surface area contributed by atoms with Crippen molar-refractivity contribution in [2.75, 3.05) is 13.1 Å². The molecule has 6 nitrogen and oxygen atoms in total. The van der Waals surface area contributed by atoms with E-state index in [0.29, 0.717) is 5.56 Å². The Morgan fingerprint density at radius 3 is 2.43 bits per heavy atom. The van der Waals surface area contributed by atoms with E-state index in [1.54, 1.807) is 19.1 Å². The number of amides is 2. The number of carbonyl (C=O) groups is 2. The van der Waals surface area contributed by atoms with E-state index in [4.69, 9.17) is 5.11 Å². The molecule has 1 unspecified atom stereocenters. The van der Waals surface area contributed by atoms with Gasteiger partial charge in [0.1, 0.15) is 13.1 Å². The average Bonchev–Trinajstić information content (AvgIpc) is 2.36. The summed E-state index contributed by atoms with van der Waals surface area (Å²) in [6, 6.07) is 1.51. The number of hydrogen-bond donors (Lipinski definition) is 2. The first-order chi connectivity index (χ1) is 9.69. The summed E-state index contributed by atoms with van der Waals surface area (Å²) in [7, 11) is 0. The highest BCUT2D eigenvalue weighted by molar-refractivity contribution is 5.80. The molecule has 0 aromatic carbocycles. The van der Waals surface area contributed by atoms with Crippen LogP contribution < -0.4 is 5.32 Å². The van der Waals surface area contributed by atoms with Crippen molar-refractivity contribution in [2.24, 2.45) is 0 Å². The van der Waals surface area contributed by atoms with Crippen LogP contribution in [0.1, 0.15) is 18.5 Å². The van der Waals surface area contributed by atoms with E-state index in [0.717, 1.165) is 0 Å². The standard InChI is InChI=1S/C12H14F3N3O3/c1-8(9-2-4-16-5-3-9)17-11(21)18(6-10(19)20)7-12(13,14)15/h2-5,8H,6-7H2,1H3,(H,17,21)(H,19,20). The van der Waals surface area contributed by atoms with E-state index in [1.807, 2.05) is 0 Å². The van der Waals surface area contributed by atoms with Crippen LogP contribution in [-0.4, -0.2) is 46.3 Å². The van der Waals surface area contributed by atoms with Gasteiger partial charge in [0.05, 0.1) is 6.04 Å². The van der Waals surface area contributed by atoms with Crippen molar-refractivity contribution in [1.82, 2.24) is 15.2 Å². The molecule has 21 heavy (non-hydrogen) atoms. The number of hydrogen-bond acceptors (Lipinski definition) is 3. The number of pyridine rings is 1. The molecule has 116 valence electrons. The van der Waals surface area contributed by atoms with Gasteiger partial charge in [0.15, 0.2) is 0 Å². The fraction of sp³-hybridized carbons (Fsp3) is 0.417. The zero-order valence-corrected chi connectivity index (χ0v) is 11.1. The summed E-state index contributed by atoms with van der Waals surface area (Å²) in [5.74, 6) is -1.52. The number of urea groups is 1. The smallest absolute Gasteiger partial charge is 0.406 e. The Kier molecular flexibility index (Phi) is 5.51. The van der Waals surface area contributed by atoms with Crippen LogP contribution in [0.4, 0.5) is 18.0 Å². The molecule has 0 aliphatic carbocycles. The number of carboxylic acid groups (broad SMARTS) is 1. The summed E-state index contributed by atoms with van der Waals surface area (Å²) in [5.41, 5.74) is 0.639. The molecule has 0 saturated heterocycles. The maximum absolute atomic E-state index is 12.4. The van der Waals surface area contributed by atoms with Crippen LogP contribution in [-0.2, 0) is 4.79 Å². The second kappa shape index (κ2) is 6.91. The first-order valence-electron chi connectivity index (χ1n) is 5.93. The number of carbonyl (C=O) groups excluding carboxylic acids is 1. The number of nitrogens with zero attached hydrogens (tertiary/aromatic N) is 2. The predicted molar refractivity (Wildman–Crippen MR) is 66.4 cm³/mol. The van der Waals surface area contributed by atoms with Crippen LogP contribution >= 0.6 is 0 Å². The van der Waals surface area contributed by atoms with Crippen LogP contribution in [0.3, 0.4) is 0 Å². The Morgan fingerprint density at radius 1 is 1.38 bits per heavy atom. The Morgan fingerprint density at radius 2 is 1.95 bits per heavy atom. The molecular weight excluding hydrogens is 291 g/mol. The normalized spacial score (nSPS) is 12.6. The lowest BCUT2D eigenvalue weighted by atomic mass is 10.1. The number of halogens is 3.